The van der Waals surface area contributed by atoms with Gasteiger partial charge in [0.15, 0.2) is 0 Å². The molecule has 0 amide bonds. The van der Waals surface area contributed by atoms with Crippen molar-refractivity contribution < 1.29 is 13.2 Å². The highest BCUT2D eigenvalue weighted by molar-refractivity contribution is 5.23. The molecule has 0 spiro atoms. The first-order chi connectivity index (χ1) is 6.79. The van der Waals surface area contributed by atoms with E-state index in [1.165, 1.54) is 12.3 Å². The van der Waals surface area contributed by atoms with Gasteiger partial charge in [0.25, 0.3) is 0 Å². The first-order valence-corrected chi connectivity index (χ1v) is 4.81. The molecule has 1 aromatic heterocycles. The van der Waals surface area contributed by atoms with Crippen molar-refractivity contribution >= 4 is 0 Å². The number of nitrogens with zero attached hydrogens (tertiary/aromatic N) is 1. The number of hydrogen-bond donors (Lipinski definition) is 0. The average molecular weight is 217 g/mol. The van der Waals surface area contributed by atoms with Gasteiger partial charge in [-0.1, -0.05) is 6.92 Å². The Hall–Kier alpha value is -1.06. The van der Waals surface area contributed by atoms with Crippen LogP contribution in [0.25, 0.3) is 0 Å². The van der Waals surface area contributed by atoms with Crippen LogP contribution < -0.4 is 0 Å². The molecule has 1 heterocycles. The summed E-state index contributed by atoms with van der Waals surface area (Å²) < 4.78 is 38.1. The molecule has 1 aromatic rings. The zero-order valence-corrected chi connectivity index (χ0v) is 9.02. The molecule has 1 nitrogen and oxygen atoms in total. The molecule has 0 fully saturated rings. The fourth-order valence-corrected chi connectivity index (χ4v) is 1.18. The number of alkyl halides is 3. The molecule has 15 heavy (non-hydrogen) atoms. The van der Waals surface area contributed by atoms with E-state index in [0.717, 1.165) is 19.4 Å². The van der Waals surface area contributed by atoms with Crippen molar-refractivity contribution in [2.75, 3.05) is 0 Å². The Labute approximate surface area is 87.3 Å². The highest BCUT2D eigenvalue weighted by Crippen LogP contribution is 2.39. The van der Waals surface area contributed by atoms with E-state index < -0.39 is 11.6 Å². The van der Waals surface area contributed by atoms with Crippen LogP contribution in [0.15, 0.2) is 18.3 Å². The number of rotatable bonds is 2. The molecule has 84 valence electrons. The average Bonchev–Trinajstić information content (AvgIpc) is 2.16. The molecule has 0 atom stereocenters. The van der Waals surface area contributed by atoms with Crippen molar-refractivity contribution in [2.45, 2.75) is 38.8 Å². The highest BCUT2D eigenvalue weighted by atomic mass is 19.4. The van der Waals surface area contributed by atoms with Crippen molar-refractivity contribution in [2.24, 2.45) is 0 Å². The van der Waals surface area contributed by atoms with E-state index in [4.69, 9.17) is 0 Å². The van der Waals surface area contributed by atoms with Crippen molar-refractivity contribution in [3.8, 4) is 0 Å². The fourth-order valence-electron chi connectivity index (χ4n) is 1.18. The second-order valence-corrected chi connectivity index (χ2v) is 4.03. The lowest BCUT2D eigenvalue weighted by atomic mass is 9.87. The summed E-state index contributed by atoms with van der Waals surface area (Å²) in [5.74, 6) is 0. The molecule has 0 saturated carbocycles. The minimum absolute atomic E-state index is 0.0781. The molecule has 0 aliphatic heterocycles. The van der Waals surface area contributed by atoms with Gasteiger partial charge in [-0.15, -0.1) is 0 Å². The van der Waals surface area contributed by atoms with Crippen molar-refractivity contribution in [1.29, 1.82) is 0 Å². The predicted molar refractivity (Wildman–Crippen MR) is 52.7 cm³/mol. The predicted octanol–water partition coefficient (Wildman–Crippen LogP) is 3.48. The van der Waals surface area contributed by atoms with Gasteiger partial charge in [-0.3, -0.25) is 4.98 Å². The molecule has 0 aliphatic rings. The minimum atomic E-state index is -4.27. The molecule has 1 rings (SSSR count). The van der Waals surface area contributed by atoms with E-state index in [1.54, 1.807) is 6.07 Å². The first-order valence-electron chi connectivity index (χ1n) is 4.81. The van der Waals surface area contributed by atoms with Crippen LogP contribution in [0.2, 0.25) is 0 Å². The SMILES string of the molecule is CCc1ccnc(C(C)(C)C(F)(F)F)c1. The summed E-state index contributed by atoms with van der Waals surface area (Å²) in [6, 6.07) is 3.25. The van der Waals surface area contributed by atoms with Crippen molar-refractivity contribution in [3.05, 3.63) is 29.6 Å². The van der Waals surface area contributed by atoms with Gasteiger partial charge in [-0.2, -0.15) is 13.2 Å². The molecule has 0 saturated heterocycles. The third-order valence-electron chi connectivity index (χ3n) is 2.58. The smallest absolute Gasteiger partial charge is 0.260 e. The Bertz CT molecular complexity index is 342. The van der Waals surface area contributed by atoms with Crippen LogP contribution in [0, 0.1) is 0 Å². The van der Waals surface area contributed by atoms with Gasteiger partial charge >= 0.3 is 6.18 Å². The minimum Gasteiger partial charge on any atom is -0.260 e. The van der Waals surface area contributed by atoms with E-state index in [2.05, 4.69) is 4.98 Å². The molecule has 0 bridgehead atoms. The van der Waals surface area contributed by atoms with Gasteiger partial charge in [0.2, 0.25) is 0 Å². The third-order valence-corrected chi connectivity index (χ3v) is 2.58. The van der Waals surface area contributed by atoms with Gasteiger partial charge in [0, 0.05) is 6.20 Å². The van der Waals surface area contributed by atoms with Crippen molar-refractivity contribution in [3.63, 3.8) is 0 Å². The molecule has 0 N–H and O–H groups in total. The maximum atomic E-state index is 12.7. The van der Waals surface area contributed by atoms with E-state index in [0.29, 0.717) is 6.42 Å². The number of aromatic nitrogens is 1. The van der Waals surface area contributed by atoms with Gasteiger partial charge in [0.1, 0.15) is 5.41 Å². The summed E-state index contributed by atoms with van der Waals surface area (Å²) >= 11 is 0. The molecule has 0 aromatic carbocycles. The summed E-state index contributed by atoms with van der Waals surface area (Å²) in [7, 11) is 0. The van der Waals surface area contributed by atoms with Crippen molar-refractivity contribution in [1.82, 2.24) is 4.98 Å². The second kappa shape index (κ2) is 3.83. The van der Waals surface area contributed by atoms with Crippen LogP contribution in [0.3, 0.4) is 0 Å². The topological polar surface area (TPSA) is 12.9 Å². The number of hydrogen-bond acceptors (Lipinski definition) is 1. The third kappa shape index (κ3) is 2.30. The van der Waals surface area contributed by atoms with E-state index in [1.807, 2.05) is 6.92 Å². The van der Waals surface area contributed by atoms with Crippen LogP contribution in [0.4, 0.5) is 13.2 Å². The van der Waals surface area contributed by atoms with Crippen LogP contribution in [0.1, 0.15) is 32.0 Å². The zero-order chi connectivity index (χ0) is 11.7. The van der Waals surface area contributed by atoms with Crippen LogP contribution >= 0.6 is 0 Å². The lowest BCUT2D eigenvalue weighted by Crippen LogP contribution is -2.37. The number of pyridine rings is 1. The van der Waals surface area contributed by atoms with Gasteiger partial charge in [-0.05, 0) is 38.0 Å². The Morgan fingerprint density at radius 3 is 2.33 bits per heavy atom. The van der Waals surface area contributed by atoms with Gasteiger partial charge in [0.05, 0.1) is 5.69 Å². The first kappa shape index (κ1) is 12.0. The Balaban J connectivity index is 3.15. The zero-order valence-electron chi connectivity index (χ0n) is 9.02. The Morgan fingerprint density at radius 1 is 1.27 bits per heavy atom. The van der Waals surface area contributed by atoms with Gasteiger partial charge < -0.3 is 0 Å². The monoisotopic (exact) mass is 217 g/mol. The standard InChI is InChI=1S/C11H14F3N/c1-4-8-5-6-15-9(7-8)10(2,3)11(12,13)14/h5-7H,4H2,1-3H3. The lowest BCUT2D eigenvalue weighted by molar-refractivity contribution is -0.181. The molecule has 0 radical (unpaired) electrons. The normalized spacial score (nSPS) is 12.9. The van der Waals surface area contributed by atoms with E-state index in [9.17, 15) is 13.2 Å². The molecular formula is C11H14F3N. The summed E-state index contributed by atoms with van der Waals surface area (Å²) in [5, 5.41) is 0. The van der Waals surface area contributed by atoms with E-state index >= 15 is 0 Å². The summed E-state index contributed by atoms with van der Waals surface area (Å²) in [4.78, 5) is 3.81. The molecule has 0 aliphatic carbocycles. The number of halogens is 3. The molecule has 0 unspecified atom stereocenters. The van der Waals surface area contributed by atoms with Crippen LogP contribution in [-0.4, -0.2) is 11.2 Å². The summed E-state index contributed by atoms with van der Waals surface area (Å²) in [6.45, 7) is 4.20. The van der Waals surface area contributed by atoms with Crippen LogP contribution in [0.5, 0.6) is 0 Å². The number of aryl methyl sites for hydroxylation is 1. The fraction of sp³-hybridized carbons (Fsp3) is 0.545. The van der Waals surface area contributed by atoms with E-state index in [-0.39, 0.29) is 5.69 Å². The Morgan fingerprint density at radius 2 is 1.87 bits per heavy atom. The van der Waals surface area contributed by atoms with Crippen LogP contribution in [-0.2, 0) is 11.8 Å². The molecular weight excluding hydrogens is 203 g/mol. The second-order valence-electron chi connectivity index (χ2n) is 4.03. The highest BCUT2D eigenvalue weighted by Gasteiger charge is 2.49. The quantitative estimate of drug-likeness (QED) is 0.739. The summed E-state index contributed by atoms with van der Waals surface area (Å²) in [6.07, 6.45) is -2.13. The summed E-state index contributed by atoms with van der Waals surface area (Å²) in [5.41, 5.74) is -0.940. The Kier molecular flexibility index (Phi) is 3.07. The lowest BCUT2D eigenvalue weighted by Gasteiger charge is -2.27. The maximum absolute atomic E-state index is 12.7. The maximum Gasteiger partial charge on any atom is 0.399 e. The largest absolute Gasteiger partial charge is 0.399 e. The van der Waals surface area contributed by atoms with Gasteiger partial charge in [-0.25, -0.2) is 0 Å². The molecule has 4 heteroatoms.